The molecule has 0 atom stereocenters. The Kier molecular flexibility index (Phi) is 8.13. The van der Waals surface area contributed by atoms with Crippen LogP contribution in [0.5, 0.6) is 17.2 Å². The minimum absolute atomic E-state index is 0.346. The Balaban J connectivity index is 2.11. The van der Waals surface area contributed by atoms with Gasteiger partial charge in [-0.05, 0) is 49.7 Å². The van der Waals surface area contributed by atoms with Crippen LogP contribution < -0.4 is 19.6 Å². The molecular formula is C20H23BrN2O4. The highest BCUT2D eigenvalue weighted by Crippen LogP contribution is 2.28. The van der Waals surface area contributed by atoms with Gasteiger partial charge in [-0.15, -0.1) is 0 Å². The summed E-state index contributed by atoms with van der Waals surface area (Å²) in [6, 6.07) is 10.6. The summed E-state index contributed by atoms with van der Waals surface area (Å²) in [4.78, 5) is 12.4. The van der Waals surface area contributed by atoms with E-state index in [2.05, 4.69) is 26.5 Å². The van der Waals surface area contributed by atoms with Gasteiger partial charge >= 0.3 is 0 Å². The third kappa shape index (κ3) is 5.99. The summed E-state index contributed by atoms with van der Waals surface area (Å²) in [5, 5.41) is 4.05. The highest BCUT2D eigenvalue weighted by atomic mass is 79.9. The summed E-state index contributed by atoms with van der Waals surface area (Å²) in [5.41, 5.74) is 3.71. The van der Waals surface area contributed by atoms with E-state index >= 15 is 0 Å². The third-order valence-corrected chi connectivity index (χ3v) is 4.02. The zero-order chi connectivity index (χ0) is 19.6. The summed E-state index contributed by atoms with van der Waals surface area (Å²) in [5.74, 6) is 1.45. The van der Waals surface area contributed by atoms with Crippen molar-refractivity contribution in [3.05, 3.63) is 52.0 Å². The number of hydrogen-bond donors (Lipinski definition) is 1. The van der Waals surface area contributed by atoms with E-state index in [9.17, 15) is 4.79 Å². The van der Waals surface area contributed by atoms with Gasteiger partial charge in [0.1, 0.15) is 5.75 Å². The number of carbonyl (C=O) groups is 1. The van der Waals surface area contributed by atoms with Gasteiger partial charge in [-0.25, -0.2) is 5.43 Å². The van der Waals surface area contributed by atoms with Crippen LogP contribution in [-0.4, -0.2) is 32.4 Å². The molecule has 7 heteroatoms. The molecule has 0 spiro atoms. The number of nitrogens with zero attached hydrogens (tertiary/aromatic N) is 1. The van der Waals surface area contributed by atoms with Crippen molar-refractivity contribution in [2.45, 2.75) is 20.3 Å². The number of ether oxygens (including phenoxy) is 3. The first-order chi connectivity index (χ1) is 13.1. The molecule has 0 saturated heterocycles. The van der Waals surface area contributed by atoms with E-state index < -0.39 is 0 Å². The van der Waals surface area contributed by atoms with Crippen LogP contribution >= 0.6 is 15.9 Å². The summed E-state index contributed by atoms with van der Waals surface area (Å²) >= 11 is 3.43. The minimum Gasteiger partial charge on any atom is -0.493 e. The lowest BCUT2D eigenvalue weighted by molar-refractivity contribution is 0.0954. The Morgan fingerprint density at radius 1 is 1.11 bits per heavy atom. The van der Waals surface area contributed by atoms with Gasteiger partial charge in [-0.1, -0.05) is 22.9 Å². The maximum Gasteiger partial charge on any atom is 0.271 e. The van der Waals surface area contributed by atoms with Crippen molar-refractivity contribution in [2.24, 2.45) is 5.10 Å². The third-order valence-electron chi connectivity index (χ3n) is 3.53. The minimum atomic E-state index is -0.346. The molecule has 2 aromatic carbocycles. The highest BCUT2D eigenvalue weighted by Gasteiger charge is 2.10. The van der Waals surface area contributed by atoms with Crippen LogP contribution in [-0.2, 0) is 0 Å². The fraction of sp³-hybridized carbons (Fsp3) is 0.300. The number of amides is 1. The highest BCUT2D eigenvalue weighted by molar-refractivity contribution is 9.10. The zero-order valence-electron chi connectivity index (χ0n) is 15.6. The summed E-state index contributed by atoms with van der Waals surface area (Å²) in [6.45, 7) is 4.99. The number of methoxy groups -OCH3 is 1. The molecule has 0 heterocycles. The predicted octanol–water partition coefficient (Wildman–Crippen LogP) is 4.41. The summed E-state index contributed by atoms with van der Waals surface area (Å²) < 4.78 is 17.3. The molecule has 0 aromatic heterocycles. The van der Waals surface area contributed by atoms with Crippen molar-refractivity contribution in [2.75, 3.05) is 20.3 Å². The Hall–Kier alpha value is -2.54. The first-order valence-electron chi connectivity index (χ1n) is 8.65. The summed E-state index contributed by atoms with van der Waals surface area (Å²) in [6.07, 6.45) is 2.46. The Bertz CT molecular complexity index is 809. The van der Waals surface area contributed by atoms with Crippen LogP contribution in [0.25, 0.3) is 0 Å². The normalized spacial score (nSPS) is 10.7. The molecule has 6 nitrogen and oxygen atoms in total. The van der Waals surface area contributed by atoms with E-state index in [1.165, 1.54) is 0 Å². The number of rotatable bonds is 9. The number of hydrazone groups is 1. The summed E-state index contributed by atoms with van der Waals surface area (Å²) in [7, 11) is 1.55. The van der Waals surface area contributed by atoms with Crippen LogP contribution in [0.3, 0.4) is 0 Å². The van der Waals surface area contributed by atoms with Crippen LogP contribution in [0.15, 0.2) is 46.0 Å². The van der Waals surface area contributed by atoms with Crippen LogP contribution in [0.4, 0.5) is 0 Å². The maximum absolute atomic E-state index is 12.4. The molecule has 144 valence electrons. The molecule has 27 heavy (non-hydrogen) atoms. The number of nitrogens with one attached hydrogen (secondary N) is 1. The van der Waals surface area contributed by atoms with Gasteiger partial charge in [0.15, 0.2) is 11.5 Å². The van der Waals surface area contributed by atoms with Crippen molar-refractivity contribution in [1.82, 2.24) is 5.43 Å². The van der Waals surface area contributed by atoms with Gasteiger partial charge in [0, 0.05) is 15.6 Å². The Morgan fingerprint density at radius 2 is 1.89 bits per heavy atom. The molecular weight excluding hydrogens is 412 g/mol. The van der Waals surface area contributed by atoms with Gasteiger partial charge in [-0.3, -0.25) is 4.79 Å². The lowest BCUT2D eigenvalue weighted by atomic mass is 10.2. The number of benzene rings is 2. The molecule has 0 unspecified atom stereocenters. The fourth-order valence-corrected chi connectivity index (χ4v) is 2.65. The second-order valence-electron chi connectivity index (χ2n) is 5.53. The van der Waals surface area contributed by atoms with E-state index in [-0.39, 0.29) is 5.91 Å². The average Bonchev–Trinajstić information content (AvgIpc) is 2.67. The standard InChI is InChI=1S/C20H23BrN2O4/c1-4-10-27-17-9-7-16(21)11-15(17)13-22-23-20(24)14-6-8-18(25-3)19(12-14)26-5-2/h6-9,11-13H,4-5,10H2,1-3H3,(H,23,24)/b22-13+. The van der Waals surface area contributed by atoms with Crippen LogP contribution in [0.1, 0.15) is 36.2 Å². The van der Waals surface area contributed by atoms with Crippen LogP contribution in [0, 0.1) is 0 Å². The zero-order valence-corrected chi connectivity index (χ0v) is 17.2. The molecule has 0 saturated carbocycles. The molecule has 1 amide bonds. The first kappa shape index (κ1) is 20.8. The second kappa shape index (κ2) is 10.6. The van der Waals surface area contributed by atoms with Crippen molar-refractivity contribution >= 4 is 28.1 Å². The number of hydrogen-bond acceptors (Lipinski definition) is 5. The molecule has 0 bridgehead atoms. The van der Waals surface area contributed by atoms with Crippen LogP contribution in [0.2, 0.25) is 0 Å². The molecule has 0 aliphatic carbocycles. The lowest BCUT2D eigenvalue weighted by Gasteiger charge is -2.10. The van der Waals surface area contributed by atoms with Crippen molar-refractivity contribution < 1.29 is 19.0 Å². The van der Waals surface area contributed by atoms with Gasteiger partial charge in [0.2, 0.25) is 0 Å². The van der Waals surface area contributed by atoms with E-state index in [1.807, 2.05) is 32.0 Å². The largest absolute Gasteiger partial charge is 0.493 e. The van der Waals surface area contributed by atoms with E-state index in [4.69, 9.17) is 14.2 Å². The monoisotopic (exact) mass is 434 g/mol. The Morgan fingerprint density at radius 3 is 2.59 bits per heavy atom. The molecule has 1 N–H and O–H groups in total. The van der Waals surface area contributed by atoms with E-state index in [0.29, 0.717) is 36.0 Å². The lowest BCUT2D eigenvalue weighted by Crippen LogP contribution is -2.17. The predicted molar refractivity (Wildman–Crippen MR) is 109 cm³/mol. The number of carbonyl (C=O) groups excluding carboxylic acids is 1. The maximum atomic E-state index is 12.4. The van der Waals surface area contributed by atoms with Crippen molar-refractivity contribution in [3.63, 3.8) is 0 Å². The molecule has 0 radical (unpaired) electrons. The topological polar surface area (TPSA) is 69.2 Å². The van der Waals surface area contributed by atoms with Gasteiger partial charge < -0.3 is 14.2 Å². The van der Waals surface area contributed by atoms with E-state index in [1.54, 1.807) is 31.5 Å². The second-order valence-corrected chi connectivity index (χ2v) is 6.44. The average molecular weight is 435 g/mol. The van der Waals surface area contributed by atoms with Crippen molar-refractivity contribution in [1.29, 1.82) is 0 Å². The quantitative estimate of drug-likeness (QED) is 0.468. The molecule has 0 aliphatic heterocycles. The molecule has 0 aliphatic rings. The van der Waals surface area contributed by atoms with E-state index in [0.717, 1.165) is 16.5 Å². The first-order valence-corrected chi connectivity index (χ1v) is 9.44. The van der Waals surface area contributed by atoms with Gasteiger partial charge in [0.05, 0.1) is 26.5 Å². The van der Waals surface area contributed by atoms with Crippen molar-refractivity contribution in [3.8, 4) is 17.2 Å². The molecule has 2 aromatic rings. The molecule has 0 fully saturated rings. The fourth-order valence-electron chi connectivity index (χ4n) is 2.27. The number of halogens is 1. The van der Waals surface area contributed by atoms with Gasteiger partial charge in [0.25, 0.3) is 5.91 Å². The SMILES string of the molecule is CCCOc1ccc(Br)cc1/C=N/NC(=O)c1ccc(OC)c(OCC)c1. The Labute approximate surface area is 167 Å². The smallest absolute Gasteiger partial charge is 0.271 e. The van der Waals surface area contributed by atoms with Gasteiger partial charge in [-0.2, -0.15) is 5.10 Å². The molecule has 2 rings (SSSR count).